The summed E-state index contributed by atoms with van der Waals surface area (Å²) in [4.78, 5) is 23.8. The number of carbonyl (C=O) groups excluding carboxylic acids is 2. The first kappa shape index (κ1) is 17.5. The van der Waals surface area contributed by atoms with Gasteiger partial charge in [0.15, 0.2) is 6.10 Å². The van der Waals surface area contributed by atoms with Gasteiger partial charge < -0.3 is 15.4 Å². The number of benzene rings is 2. The van der Waals surface area contributed by atoms with Crippen molar-refractivity contribution in [2.24, 2.45) is 0 Å². The molecule has 1 unspecified atom stereocenters. The van der Waals surface area contributed by atoms with Gasteiger partial charge in [0, 0.05) is 18.7 Å². The molecular formula is C19H22N2O3. The lowest BCUT2D eigenvalue weighted by Crippen LogP contribution is -2.40. The highest BCUT2D eigenvalue weighted by molar-refractivity contribution is 5.94. The van der Waals surface area contributed by atoms with Crippen molar-refractivity contribution in [3.05, 3.63) is 65.7 Å². The van der Waals surface area contributed by atoms with Crippen molar-refractivity contribution in [2.45, 2.75) is 20.0 Å². The Balaban J connectivity index is 1.69. The normalized spacial score (nSPS) is 11.4. The first-order valence-electron chi connectivity index (χ1n) is 7.90. The number of hydrogen-bond donors (Lipinski definition) is 2. The van der Waals surface area contributed by atoms with E-state index >= 15 is 0 Å². The third kappa shape index (κ3) is 5.43. The largest absolute Gasteiger partial charge is 0.481 e. The van der Waals surface area contributed by atoms with Crippen LogP contribution in [0.15, 0.2) is 54.6 Å². The average molecular weight is 326 g/mol. The van der Waals surface area contributed by atoms with Crippen molar-refractivity contribution in [2.75, 3.05) is 13.1 Å². The molecule has 0 fully saturated rings. The molecule has 0 heterocycles. The minimum absolute atomic E-state index is 0.159. The number of amides is 2. The van der Waals surface area contributed by atoms with Crippen LogP contribution in [0.2, 0.25) is 0 Å². The Morgan fingerprint density at radius 3 is 2.25 bits per heavy atom. The van der Waals surface area contributed by atoms with Gasteiger partial charge in [-0.15, -0.1) is 0 Å². The Hall–Kier alpha value is -2.82. The molecule has 2 N–H and O–H groups in total. The maximum Gasteiger partial charge on any atom is 0.260 e. The molecule has 0 radical (unpaired) electrons. The van der Waals surface area contributed by atoms with E-state index in [4.69, 9.17) is 4.74 Å². The molecule has 24 heavy (non-hydrogen) atoms. The Morgan fingerprint density at radius 1 is 0.958 bits per heavy atom. The average Bonchev–Trinajstić information content (AvgIpc) is 2.61. The molecule has 5 nitrogen and oxygen atoms in total. The van der Waals surface area contributed by atoms with Crippen LogP contribution in [-0.2, 0) is 4.79 Å². The monoisotopic (exact) mass is 326 g/mol. The summed E-state index contributed by atoms with van der Waals surface area (Å²) in [7, 11) is 0. The summed E-state index contributed by atoms with van der Waals surface area (Å²) in [5, 5.41) is 5.50. The summed E-state index contributed by atoms with van der Waals surface area (Å²) >= 11 is 0. The second-order valence-corrected chi connectivity index (χ2v) is 5.49. The molecule has 1 atom stereocenters. The van der Waals surface area contributed by atoms with Crippen LogP contribution in [0.4, 0.5) is 0 Å². The topological polar surface area (TPSA) is 67.4 Å². The predicted octanol–water partition coefficient (Wildman–Crippen LogP) is 2.31. The summed E-state index contributed by atoms with van der Waals surface area (Å²) < 4.78 is 5.58. The van der Waals surface area contributed by atoms with Gasteiger partial charge in [0.2, 0.25) is 0 Å². The number of aryl methyl sites for hydroxylation is 1. The highest BCUT2D eigenvalue weighted by atomic mass is 16.5. The third-order valence-corrected chi connectivity index (χ3v) is 3.45. The number of carbonyl (C=O) groups is 2. The van der Waals surface area contributed by atoms with Crippen LogP contribution in [0.25, 0.3) is 0 Å². The van der Waals surface area contributed by atoms with Gasteiger partial charge in [-0.3, -0.25) is 9.59 Å². The smallest absolute Gasteiger partial charge is 0.260 e. The highest BCUT2D eigenvalue weighted by Gasteiger charge is 2.14. The molecule has 0 bridgehead atoms. The van der Waals surface area contributed by atoms with Gasteiger partial charge in [0.25, 0.3) is 11.8 Å². The first-order chi connectivity index (χ1) is 11.6. The zero-order valence-electron chi connectivity index (χ0n) is 13.9. The van der Waals surface area contributed by atoms with Gasteiger partial charge in [-0.05, 0) is 38.1 Å². The van der Waals surface area contributed by atoms with Crippen molar-refractivity contribution in [3.8, 4) is 5.75 Å². The zero-order valence-corrected chi connectivity index (χ0v) is 13.9. The zero-order chi connectivity index (χ0) is 17.4. The molecule has 0 aliphatic rings. The SMILES string of the molecule is Cc1ccc(OC(C)C(=O)NCCNC(=O)c2ccccc2)cc1. The molecule has 0 spiro atoms. The fourth-order valence-corrected chi connectivity index (χ4v) is 2.07. The van der Waals surface area contributed by atoms with Gasteiger partial charge in [0.05, 0.1) is 0 Å². The Bertz CT molecular complexity index is 669. The predicted molar refractivity (Wildman–Crippen MR) is 93.1 cm³/mol. The minimum Gasteiger partial charge on any atom is -0.481 e. The van der Waals surface area contributed by atoms with Crippen LogP contribution in [0.5, 0.6) is 5.75 Å². The van der Waals surface area contributed by atoms with E-state index in [0.717, 1.165) is 5.56 Å². The van der Waals surface area contributed by atoms with Crippen LogP contribution >= 0.6 is 0 Å². The van der Waals surface area contributed by atoms with Crippen molar-refractivity contribution < 1.29 is 14.3 Å². The van der Waals surface area contributed by atoms with E-state index in [1.54, 1.807) is 31.2 Å². The van der Waals surface area contributed by atoms with Crippen molar-refractivity contribution in [1.29, 1.82) is 0 Å². The van der Waals surface area contributed by atoms with E-state index in [9.17, 15) is 9.59 Å². The fraction of sp³-hybridized carbons (Fsp3) is 0.263. The van der Waals surface area contributed by atoms with Crippen LogP contribution in [0.1, 0.15) is 22.8 Å². The van der Waals surface area contributed by atoms with E-state index in [2.05, 4.69) is 10.6 Å². The second kappa shape index (κ2) is 8.72. The van der Waals surface area contributed by atoms with E-state index in [-0.39, 0.29) is 11.8 Å². The molecule has 0 saturated heterocycles. The molecule has 0 aromatic heterocycles. The van der Waals surface area contributed by atoms with Gasteiger partial charge in [0.1, 0.15) is 5.75 Å². The van der Waals surface area contributed by atoms with Crippen LogP contribution in [-0.4, -0.2) is 31.0 Å². The van der Waals surface area contributed by atoms with Crippen LogP contribution < -0.4 is 15.4 Å². The Morgan fingerprint density at radius 2 is 1.58 bits per heavy atom. The van der Waals surface area contributed by atoms with Crippen LogP contribution in [0.3, 0.4) is 0 Å². The van der Waals surface area contributed by atoms with E-state index in [1.807, 2.05) is 37.3 Å². The fourth-order valence-electron chi connectivity index (χ4n) is 2.07. The quantitative estimate of drug-likeness (QED) is 0.767. The van der Waals surface area contributed by atoms with Gasteiger partial charge in [-0.2, -0.15) is 0 Å². The lowest BCUT2D eigenvalue weighted by Gasteiger charge is -2.15. The summed E-state index contributed by atoms with van der Waals surface area (Å²) in [5.41, 5.74) is 1.73. The standard InChI is InChI=1S/C19H22N2O3/c1-14-8-10-17(11-9-14)24-15(2)18(22)20-12-13-21-19(23)16-6-4-3-5-7-16/h3-11,15H,12-13H2,1-2H3,(H,20,22)(H,21,23). The lowest BCUT2D eigenvalue weighted by atomic mass is 10.2. The van der Waals surface area contributed by atoms with E-state index in [0.29, 0.717) is 24.4 Å². The molecule has 5 heteroatoms. The summed E-state index contributed by atoms with van der Waals surface area (Å²) in [5.74, 6) is 0.277. The third-order valence-electron chi connectivity index (χ3n) is 3.45. The van der Waals surface area contributed by atoms with Gasteiger partial charge in [-0.1, -0.05) is 35.9 Å². The van der Waals surface area contributed by atoms with Crippen molar-refractivity contribution in [1.82, 2.24) is 10.6 Å². The minimum atomic E-state index is -0.600. The first-order valence-corrected chi connectivity index (χ1v) is 7.90. The summed E-state index contributed by atoms with van der Waals surface area (Å²) in [6, 6.07) is 16.5. The van der Waals surface area contributed by atoms with Gasteiger partial charge >= 0.3 is 0 Å². The van der Waals surface area contributed by atoms with Crippen molar-refractivity contribution >= 4 is 11.8 Å². The molecule has 0 aliphatic carbocycles. The van der Waals surface area contributed by atoms with Crippen LogP contribution in [0, 0.1) is 6.92 Å². The Kier molecular flexibility index (Phi) is 6.37. The molecule has 0 saturated carbocycles. The summed E-state index contributed by atoms with van der Waals surface area (Å²) in [6.07, 6.45) is -0.600. The number of rotatable bonds is 7. The van der Waals surface area contributed by atoms with Gasteiger partial charge in [-0.25, -0.2) is 0 Å². The summed E-state index contributed by atoms with van der Waals surface area (Å²) in [6.45, 7) is 4.39. The molecule has 0 aliphatic heterocycles. The highest BCUT2D eigenvalue weighted by Crippen LogP contribution is 2.13. The number of nitrogens with one attached hydrogen (secondary N) is 2. The van der Waals surface area contributed by atoms with E-state index < -0.39 is 6.10 Å². The second-order valence-electron chi connectivity index (χ2n) is 5.49. The van der Waals surface area contributed by atoms with Crippen molar-refractivity contribution in [3.63, 3.8) is 0 Å². The number of hydrogen-bond acceptors (Lipinski definition) is 3. The maximum absolute atomic E-state index is 12.0. The molecule has 126 valence electrons. The molecular weight excluding hydrogens is 304 g/mol. The number of ether oxygens (including phenoxy) is 1. The lowest BCUT2D eigenvalue weighted by molar-refractivity contribution is -0.127. The molecule has 2 rings (SSSR count). The molecule has 2 amide bonds. The Labute approximate surface area is 142 Å². The molecule has 2 aromatic carbocycles. The molecule has 2 aromatic rings. The maximum atomic E-state index is 12.0. The van der Waals surface area contributed by atoms with E-state index in [1.165, 1.54) is 0 Å².